The Labute approximate surface area is 156 Å². The Balaban J connectivity index is 1.39. The van der Waals surface area contributed by atoms with Crippen LogP contribution in [0.15, 0.2) is 37.1 Å². The molecule has 4 unspecified atom stereocenters. The van der Waals surface area contributed by atoms with Gasteiger partial charge in [0.2, 0.25) is 0 Å². The average Bonchev–Trinajstić information content (AvgIpc) is 3.37. The number of fused-ring (bicyclic) bond motifs is 1. The van der Waals surface area contributed by atoms with E-state index in [0.29, 0.717) is 11.4 Å². The van der Waals surface area contributed by atoms with Crippen LogP contribution in [0.2, 0.25) is 0 Å². The van der Waals surface area contributed by atoms with Crippen molar-refractivity contribution in [3.63, 3.8) is 0 Å². The molecule has 1 saturated heterocycles. The molecule has 2 aromatic heterocycles. The third-order valence-electron chi connectivity index (χ3n) is 5.32. The fraction of sp³-hybridized carbons (Fsp3) is 0.444. The maximum Gasteiger partial charge on any atom is 0.324 e. The van der Waals surface area contributed by atoms with Crippen molar-refractivity contribution >= 4 is 11.9 Å². The first-order valence-corrected chi connectivity index (χ1v) is 9.00. The maximum atomic E-state index is 12.6. The van der Waals surface area contributed by atoms with Crippen LogP contribution in [0.25, 0.3) is 5.82 Å². The second-order valence-electron chi connectivity index (χ2n) is 6.92. The van der Waals surface area contributed by atoms with Gasteiger partial charge in [-0.3, -0.25) is 19.6 Å². The number of hydrogen-bond acceptors (Lipinski definition) is 7. The lowest BCUT2D eigenvalue weighted by atomic mass is 9.79. The summed E-state index contributed by atoms with van der Waals surface area (Å²) >= 11 is 0. The van der Waals surface area contributed by atoms with E-state index in [1.165, 1.54) is 7.11 Å². The minimum Gasteiger partial charge on any atom is -0.468 e. The number of imidazole rings is 1. The Morgan fingerprint density at radius 1 is 1.30 bits per heavy atom. The van der Waals surface area contributed by atoms with Gasteiger partial charge in [-0.15, -0.1) is 0 Å². The monoisotopic (exact) mass is 370 g/mol. The number of methoxy groups -OCH3 is 1. The zero-order valence-corrected chi connectivity index (χ0v) is 15.0. The molecule has 4 atom stereocenters. The molecular formula is C18H22N6O3. The number of hydrogen-bond donors (Lipinski definition) is 3. The number of rotatable bonds is 4. The molecule has 9 nitrogen and oxygen atoms in total. The lowest BCUT2D eigenvalue weighted by Gasteiger charge is -2.32. The molecule has 0 spiro atoms. The number of amides is 1. The van der Waals surface area contributed by atoms with Gasteiger partial charge in [0.25, 0.3) is 5.91 Å². The van der Waals surface area contributed by atoms with Gasteiger partial charge in [0.1, 0.15) is 18.2 Å². The number of hydrazine groups is 1. The molecule has 1 amide bonds. The molecule has 3 heterocycles. The summed E-state index contributed by atoms with van der Waals surface area (Å²) in [7, 11) is 1.39. The summed E-state index contributed by atoms with van der Waals surface area (Å²) in [5, 5.41) is 3.07. The van der Waals surface area contributed by atoms with Crippen molar-refractivity contribution in [3.05, 3.63) is 42.6 Å². The summed E-state index contributed by atoms with van der Waals surface area (Å²) in [4.78, 5) is 32.8. The van der Waals surface area contributed by atoms with Gasteiger partial charge in [-0.05, 0) is 31.4 Å². The molecular weight excluding hydrogens is 348 g/mol. The van der Waals surface area contributed by atoms with Crippen molar-refractivity contribution in [1.82, 2.24) is 30.7 Å². The molecule has 1 saturated carbocycles. The molecule has 1 aliphatic carbocycles. The molecule has 4 rings (SSSR count). The first-order chi connectivity index (χ1) is 13.2. The number of esters is 1. The first kappa shape index (κ1) is 17.6. The summed E-state index contributed by atoms with van der Waals surface area (Å²) in [5.74, 6) is 0.366. The van der Waals surface area contributed by atoms with Crippen LogP contribution in [-0.2, 0) is 9.53 Å². The van der Waals surface area contributed by atoms with Crippen molar-refractivity contribution in [2.75, 3.05) is 7.11 Å². The van der Waals surface area contributed by atoms with Crippen molar-refractivity contribution in [3.8, 4) is 5.82 Å². The topological polar surface area (TPSA) is 110 Å². The van der Waals surface area contributed by atoms with Crippen LogP contribution in [-0.4, -0.2) is 51.6 Å². The largest absolute Gasteiger partial charge is 0.468 e. The normalized spacial score (nSPS) is 27.0. The van der Waals surface area contributed by atoms with Gasteiger partial charge < -0.3 is 10.1 Å². The summed E-state index contributed by atoms with van der Waals surface area (Å²) in [6.07, 6.45) is 9.14. The van der Waals surface area contributed by atoms with Gasteiger partial charge in [0.05, 0.1) is 12.7 Å². The third-order valence-corrected chi connectivity index (χ3v) is 5.32. The lowest BCUT2D eigenvalue weighted by molar-refractivity contribution is -0.144. The number of aromatic nitrogens is 3. The van der Waals surface area contributed by atoms with Crippen LogP contribution in [0.4, 0.5) is 0 Å². The molecule has 2 aromatic rings. The highest BCUT2D eigenvalue weighted by molar-refractivity contribution is 5.94. The van der Waals surface area contributed by atoms with Crippen molar-refractivity contribution in [2.24, 2.45) is 5.92 Å². The summed E-state index contributed by atoms with van der Waals surface area (Å²) in [5.41, 5.74) is 6.70. The minimum absolute atomic E-state index is 0.0148. The molecule has 1 aliphatic heterocycles. The van der Waals surface area contributed by atoms with E-state index in [1.807, 2.05) is 0 Å². The third kappa shape index (κ3) is 3.56. The molecule has 0 radical (unpaired) electrons. The summed E-state index contributed by atoms with van der Waals surface area (Å²) < 4.78 is 6.64. The van der Waals surface area contributed by atoms with Gasteiger partial charge in [0, 0.05) is 36.6 Å². The molecule has 2 fully saturated rings. The van der Waals surface area contributed by atoms with E-state index < -0.39 is 0 Å². The second-order valence-corrected chi connectivity index (χ2v) is 6.92. The number of nitrogens with zero attached hydrogens (tertiary/aromatic N) is 3. The highest BCUT2D eigenvalue weighted by Crippen LogP contribution is 2.31. The number of ether oxygens (including phenoxy) is 1. The van der Waals surface area contributed by atoms with Crippen molar-refractivity contribution < 1.29 is 14.3 Å². The number of carbonyl (C=O) groups excluding carboxylic acids is 2. The number of nitrogens with one attached hydrogen (secondary N) is 3. The SMILES string of the molecule is COC(=O)C1NNC2CCC(NC(=O)c3ccc(-n4ccnc4)nc3)CC21. The molecule has 0 bridgehead atoms. The number of pyridine rings is 1. The standard InChI is InChI=1S/C18H22N6O3/c1-27-18(26)16-13-8-12(3-4-14(13)22-23-16)21-17(25)11-2-5-15(20-9-11)24-7-6-19-10-24/h2,5-7,9-10,12-14,16,22-23H,3-4,8H2,1H3,(H,21,25). The zero-order chi connectivity index (χ0) is 18.8. The average molecular weight is 370 g/mol. The predicted molar refractivity (Wildman–Crippen MR) is 95.8 cm³/mol. The maximum absolute atomic E-state index is 12.6. The van der Waals surface area contributed by atoms with Gasteiger partial charge >= 0.3 is 5.97 Å². The summed E-state index contributed by atoms with van der Waals surface area (Å²) in [6.45, 7) is 0. The smallest absolute Gasteiger partial charge is 0.324 e. The van der Waals surface area contributed by atoms with Crippen LogP contribution < -0.4 is 16.2 Å². The fourth-order valence-electron chi connectivity index (χ4n) is 3.89. The van der Waals surface area contributed by atoms with Crippen molar-refractivity contribution in [1.29, 1.82) is 0 Å². The molecule has 27 heavy (non-hydrogen) atoms. The van der Waals surface area contributed by atoms with E-state index >= 15 is 0 Å². The predicted octanol–water partition coefficient (Wildman–Crippen LogP) is 0.184. The zero-order valence-electron chi connectivity index (χ0n) is 15.0. The van der Waals surface area contributed by atoms with Gasteiger partial charge in [-0.25, -0.2) is 15.4 Å². The van der Waals surface area contributed by atoms with Crippen molar-refractivity contribution in [2.45, 2.75) is 37.4 Å². The Morgan fingerprint density at radius 3 is 2.89 bits per heavy atom. The molecule has 3 N–H and O–H groups in total. The lowest BCUT2D eigenvalue weighted by Crippen LogP contribution is -2.46. The van der Waals surface area contributed by atoms with E-state index in [4.69, 9.17) is 4.74 Å². The van der Waals surface area contributed by atoms with E-state index in [2.05, 4.69) is 26.1 Å². The van der Waals surface area contributed by atoms with Gasteiger partial charge in [0.15, 0.2) is 0 Å². The first-order valence-electron chi connectivity index (χ1n) is 9.00. The van der Waals surface area contributed by atoms with Gasteiger partial charge in [-0.2, -0.15) is 0 Å². The van der Waals surface area contributed by atoms with E-state index in [1.54, 1.807) is 41.6 Å². The van der Waals surface area contributed by atoms with Crippen LogP contribution in [0, 0.1) is 5.92 Å². The van der Waals surface area contributed by atoms with Gasteiger partial charge in [-0.1, -0.05) is 0 Å². The van der Waals surface area contributed by atoms with E-state index in [0.717, 1.165) is 19.3 Å². The fourth-order valence-corrected chi connectivity index (χ4v) is 3.89. The van der Waals surface area contributed by atoms with Crippen LogP contribution in [0.3, 0.4) is 0 Å². The molecule has 2 aliphatic rings. The van der Waals surface area contributed by atoms with Crippen LogP contribution in [0.5, 0.6) is 0 Å². The van der Waals surface area contributed by atoms with Crippen LogP contribution in [0.1, 0.15) is 29.6 Å². The summed E-state index contributed by atoms with van der Waals surface area (Å²) in [6, 6.07) is 3.39. The number of carbonyl (C=O) groups is 2. The Bertz CT molecular complexity index is 807. The highest BCUT2D eigenvalue weighted by Gasteiger charge is 2.44. The van der Waals surface area contributed by atoms with Crippen LogP contribution >= 0.6 is 0 Å². The molecule has 142 valence electrons. The molecule has 0 aromatic carbocycles. The highest BCUT2D eigenvalue weighted by atomic mass is 16.5. The van der Waals surface area contributed by atoms with E-state index in [9.17, 15) is 9.59 Å². The van der Waals surface area contributed by atoms with E-state index in [-0.39, 0.29) is 35.9 Å². The molecule has 9 heteroatoms. The Hall–Kier alpha value is -2.78. The quantitative estimate of drug-likeness (QED) is 0.659. The Morgan fingerprint density at radius 2 is 2.19 bits per heavy atom. The Kier molecular flexibility index (Phi) is 4.87. The minimum atomic E-state index is -0.379. The second kappa shape index (κ2) is 7.45.